The molecule has 5 aromatic heterocycles. The van der Waals surface area contributed by atoms with Gasteiger partial charge in [-0.2, -0.15) is 5.10 Å². The highest BCUT2D eigenvalue weighted by atomic mass is 32.2. The van der Waals surface area contributed by atoms with E-state index in [4.69, 9.17) is 39.1 Å². The van der Waals surface area contributed by atoms with Crippen LogP contribution in [-0.2, 0) is 50.1 Å². The number of aryl methyl sites for hydroxylation is 7. The zero-order valence-electron chi connectivity index (χ0n) is 62.2. The maximum atomic E-state index is 12.2. The van der Waals surface area contributed by atoms with E-state index in [9.17, 15) is 51.7 Å². The van der Waals surface area contributed by atoms with Crippen LogP contribution in [0, 0.1) is 48.5 Å². The first-order valence-electron chi connectivity index (χ1n) is 34.4. The van der Waals surface area contributed by atoms with Crippen molar-refractivity contribution in [2.75, 3.05) is 0 Å². The average Bonchev–Trinajstić information content (AvgIpc) is 1.62. The normalized spacial score (nSPS) is 11.6. The van der Waals surface area contributed by atoms with E-state index in [-0.39, 0.29) is 24.5 Å². The Morgan fingerprint density at radius 3 is 1.06 bits per heavy atom. The number of sulfonamides is 5. The van der Waals surface area contributed by atoms with Crippen LogP contribution in [0.1, 0.15) is 39.3 Å². The molecule has 10 aromatic carbocycles. The minimum absolute atomic E-state index is 0.00831. The molecule has 0 aliphatic carbocycles. The standard InChI is InChI=1S/C17H16N2O4S.C17H16N2O3S.C17H15NO2S2.C16H15N3O2S.C16H14N2O4S/c1-11-3-7-14(8-4-11)19-16(12(2)23-17(19)20)13-5-9-15(10-6-13)24(18,21)22;1-11-3-5-14(6-4-11)17-16(12(2)22-19-17)13-7-9-15(10-8-13)23(18,20)21;1-12-2-4-13(5-3-12)16-10-11-17(21-16)14-6-8-15(9-7-14)22(18,19)20;1-12-2-4-13(5-3-12)16-10-11-18-19(16)14-6-8-15(9-7-14)22(17,20)21;1-11-2-6-13(7-3-11)18-15(10-22-16(18)19)12-4-8-14(9-5-12)23(17,20)21/h3-10H,1-2H3,(H2,18,21,22);3-10H,1-2H3,(H2,18,20,21);2-11H,1H3,(H2,18,19,20);2-11H,1H3,(H2,17,20,21);2-10H,1H3,(H2,17,20,21). The molecule has 25 nitrogen and oxygen atoms in total. The first-order chi connectivity index (χ1) is 53.9. The van der Waals surface area contributed by atoms with Crippen LogP contribution < -0.4 is 37.2 Å². The zero-order valence-corrected chi connectivity index (χ0v) is 67.1. The van der Waals surface area contributed by atoms with Gasteiger partial charge in [0.1, 0.15) is 23.5 Å². The fourth-order valence-corrected chi connectivity index (χ4v) is 15.2. The third-order valence-corrected chi connectivity index (χ3v) is 23.5. The van der Waals surface area contributed by atoms with Crippen LogP contribution in [0.4, 0.5) is 0 Å². The molecular weight excluding hydrogens is 1570 g/mol. The molecule has 0 aliphatic heterocycles. The molecule has 0 atom stereocenters. The van der Waals surface area contributed by atoms with E-state index in [0.717, 1.165) is 66.5 Å². The molecule has 0 radical (unpaired) electrons. The molecule has 584 valence electrons. The summed E-state index contributed by atoms with van der Waals surface area (Å²) >= 11 is 1.68. The van der Waals surface area contributed by atoms with E-state index in [1.165, 1.54) is 97.6 Å². The van der Waals surface area contributed by atoms with Gasteiger partial charge in [-0.15, -0.1) is 11.3 Å². The summed E-state index contributed by atoms with van der Waals surface area (Å²) in [5.74, 6) is 0.106. The van der Waals surface area contributed by atoms with Crippen molar-refractivity contribution >= 4 is 61.5 Å². The van der Waals surface area contributed by atoms with Gasteiger partial charge in [-0.25, -0.2) is 91.2 Å². The number of hydrogen-bond acceptors (Lipinski definition) is 18. The number of hydrogen-bond donors (Lipinski definition) is 5. The van der Waals surface area contributed by atoms with E-state index in [0.29, 0.717) is 45.4 Å². The lowest BCUT2D eigenvalue weighted by molar-refractivity contribution is 0.400. The molecule has 0 saturated carbocycles. The zero-order chi connectivity index (χ0) is 82.2. The van der Waals surface area contributed by atoms with E-state index in [1.54, 1.807) is 89.8 Å². The van der Waals surface area contributed by atoms with E-state index in [2.05, 4.69) is 47.5 Å². The van der Waals surface area contributed by atoms with Gasteiger partial charge in [0.05, 0.1) is 70.4 Å². The molecule has 0 aliphatic rings. The number of benzene rings is 10. The maximum absolute atomic E-state index is 12.2. The number of rotatable bonds is 15. The fraction of sp³-hybridized carbons (Fsp3) is 0.0843. The highest BCUT2D eigenvalue weighted by Gasteiger charge is 2.22. The van der Waals surface area contributed by atoms with Gasteiger partial charge in [-0.1, -0.05) is 179 Å². The van der Waals surface area contributed by atoms with E-state index < -0.39 is 61.6 Å². The summed E-state index contributed by atoms with van der Waals surface area (Å²) in [6, 6.07) is 76.7. The van der Waals surface area contributed by atoms with Crippen molar-refractivity contribution in [1.82, 2.24) is 24.1 Å². The minimum Gasteiger partial charge on any atom is -0.415 e. The molecule has 114 heavy (non-hydrogen) atoms. The Hall–Kier alpha value is -12.1. The monoisotopic (exact) mass is 1640 g/mol. The van der Waals surface area contributed by atoms with Gasteiger partial charge in [0, 0.05) is 32.0 Å². The smallest absolute Gasteiger partial charge is 0.415 e. The van der Waals surface area contributed by atoms with Crippen LogP contribution in [-0.4, -0.2) is 66.2 Å². The predicted octanol–water partition coefficient (Wildman–Crippen LogP) is 14.2. The Morgan fingerprint density at radius 1 is 0.325 bits per heavy atom. The predicted molar refractivity (Wildman–Crippen MR) is 441 cm³/mol. The van der Waals surface area contributed by atoms with E-state index >= 15 is 0 Å². The minimum atomic E-state index is -3.77. The van der Waals surface area contributed by atoms with Crippen molar-refractivity contribution < 1.29 is 55.4 Å². The Balaban J connectivity index is 0.000000141. The first kappa shape index (κ1) is 82.8. The van der Waals surface area contributed by atoms with Crippen LogP contribution >= 0.6 is 11.3 Å². The number of oxazole rings is 2. The molecule has 10 N–H and O–H groups in total. The quantitative estimate of drug-likeness (QED) is 0.0636. The first-order valence-corrected chi connectivity index (χ1v) is 43.0. The van der Waals surface area contributed by atoms with Gasteiger partial charge in [-0.05, 0) is 180 Å². The second-order valence-corrected chi connectivity index (χ2v) is 35.1. The summed E-state index contributed by atoms with van der Waals surface area (Å²) in [6.45, 7) is 13.5. The Labute approximate surface area is 662 Å². The molecule has 15 aromatic rings. The third kappa shape index (κ3) is 20.4. The van der Waals surface area contributed by atoms with Gasteiger partial charge in [-0.3, -0.25) is 0 Å². The van der Waals surface area contributed by atoms with Crippen molar-refractivity contribution in [3.63, 3.8) is 0 Å². The molecule has 15 rings (SSSR count). The van der Waals surface area contributed by atoms with Crippen molar-refractivity contribution in [3.8, 4) is 94.1 Å². The summed E-state index contributed by atoms with van der Waals surface area (Å²) in [5.41, 5.74) is 17.7. The van der Waals surface area contributed by atoms with Crippen molar-refractivity contribution in [2.24, 2.45) is 25.7 Å². The van der Waals surface area contributed by atoms with Gasteiger partial charge in [0.2, 0.25) is 50.1 Å². The summed E-state index contributed by atoms with van der Waals surface area (Å²) in [6.07, 6.45) is 3.05. The van der Waals surface area contributed by atoms with Crippen LogP contribution in [0.5, 0.6) is 0 Å². The summed E-state index contributed by atoms with van der Waals surface area (Å²) in [4.78, 5) is 26.8. The van der Waals surface area contributed by atoms with Gasteiger partial charge in [0.15, 0.2) is 0 Å². The van der Waals surface area contributed by atoms with Crippen molar-refractivity contribution in [3.05, 3.63) is 334 Å². The van der Waals surface area contributed by atoms with Gasteiger partial charge >= 0.3 is 11.5 Å². The van der Waals surface area contributed by atoms with Crippen LogP contribution in [0.15, 0.2) is 321 Å². The molecule has 0 fully saturated rings. The largest absolute Gasteiger partial charge is 0.424 e. The summed E-state index contributed by atoms with van der Waals surface area (Å²) < 4.78 is 133. The molecule has 0 saturated heterocycles. The molecular formula is C83H76N10O15S6. The van der Waals surface area contributed by atoms with Crippen LogP contribution in [0.25, 0.3) is 94.1 Å². The number of aromatic nitrogens is 5. The molecule has 0 spiro atoms. The second kappa shape index (κ2) is 34.5. The van der Waals surface area contributed by atoms with Gasteiger partial charge < -0.3 is 13.4 Å². The molecule has 0 bridgehead atoms. The SMILES string of the molecule is Cc1ccc(-c2ccc(-c3ccc(S(N)(=O)=O)cc3)s2)cc1.Cc1ccc(-c2ccnn2-c2ccc(S(N)(=O)=O)cc2)cc1.Cc1ccc(-c2noc(C)c2-c2ccc(S(N)(=O)=O)cc2)cc1.Cc1ccc(-n2c(-c3ccc(S(N)(=O)=O)cc3)c(C)oc2=O)cc1.Cc1ccc(-n2c(-c3ccc(S(N)(=O)=O)cc3)coc2=O)cc1. The topological polar surface area (TPSA) is 415 Å². The average molecular weight is 1650 g/mol. The number of nitrogens with two attached hydrogens (primary N) is 5. The number of primary sulfonamides is 5. The third-order valence-electron chi connectivity index (χ3n) is 17.7. The number of nitrogens with zero attached hydrogens (tertiary/aromatic N) is 5. The maximum Gasteiger partial charge on any atom is 0.424 e. The Bertz CT molecular complexity index is 6670. The lowest BCUT2D eigenvalue weighted by Crippen LogP contribution is -2.13. The summed E-state index contributed by atoms with van der Waals surface area (Å²) in [5, 5.41) is 34.0. The van der Waals surface area contributed by atoms with Crippen molar-refractivity contribution in [2.45, 2.75) is 72.9 Å². The lowest BCUT2D eigenvalue weighted by Gasteiger charge is -2.08. The lowest BCUT2D eigenvalue weighted by atomic mass is 9.99. The van der Waals surface area contributed by atoms with E-state index in [1.807, 2.05) is 144 Å². The summed E-state index contributed by atoms with van der Waals surface area (Å²) in [7, 11) is -18.6. The second-order valence-electron chi connectivity index (χ2n) is 26.2. The highest BCUT2D eigenvalue weighted by molar-refractivity contribution is 7.90. The Kier molecular flexibility index (Phi) is 25.0. The fourth-order valence-electron chi connectivity index (χ4n) is 11.6. The number of thiophene rings is 1. The Morgan fingerprint density at radius 2 is 0.649 bits per heavy atom. The molecule has 0 unspecified atom stereocenters. The molecule has 5 heterocycles. The molecule has 31 heteroatoms. The molecule has 0 amide bonds. The van der Waals surface area contributed by atoms with Crippen molar-refractivity contribution in [1.29, 1.82) is 0 Å². The highest BCUT2D eigenvalue weighted by Crippen LogP contribution is 2.37. The van der Waals surface area contributed by atoms with Gasteiger partial charge in [0.25, 0.3) is 0 Å². The van der Waals surface area contributed by atoms with Crippen LogP contribution in [0.3, 0.4) is 0 Å². The van der Waals surface area contributed by atoms with Crippen LogP contribution in [0.2, 0.25) is 0 Å².